The Morgan fingerprint density at radius 2 is 1.76 bits per heavy atom. The van der Waals surface area contributed by atoms with Gasteiger partial charge in [-0.1, -0.05) is 18.2 Å². The summed E-state index contributed by atoms with van der Waals surface area (Å²) in [5.74, 6) is 1.25. The summed E-state index contributed by atoms with van der Waals surface area (Å²) in [4.78, 5) is 36.6. The predicted molar refractivity (Wildman–Crippen MR) is 126 cm³/mol. The lowest BCUT2D eigenvalue weighted by molar-refractivity contribution is 0.0705. The van der Waals surface area contributed by atoms with Crippen molar-refractivity contribution >= 4 is 5.91 Å². The van der Waals surface area contributed by atoms with Crippen LogP contribution in [-0.2, 0) is 0 Å². The maximum absolute atomic E-state index is 13.3. The van der Waals surface area contributed by atoms with Crippen molar-refractivity contribution in [1.82, 2.24) is 29.8 Å². The van der Waals surface area contributed by atoms with Crippen molar-refractivity contribution in [2.45, 2.75) is 25.7 Å². The third kappa shape index (κ3) is 4.76. The molecule has 4 heterocycles. The van der Waals surface area contributed by atoms with E-state index in [1.807, 2.05) is 42.2 Å². The van der Waals surface area contributed by atoms with Crippen LogP contribution in [0.3, 0.4) is 0 Å². The van der Waals surface area contributed by atoms with Gasteiger partial charge in [0, 0.05) is 61.1 Å². The van der Waals surface area contributed by atoms with Crippen molar-refractivity contribution in [3.05, 3.63) is 90.7 Å². The van der Waals surface area contributed by atoms with Gasteiger partial charge in [0.25, 0.3) is 5.91 Å². The highest BCUT2D eigenvalue weighted by atomic mass is 16.5. The van der Waals surface area contributed by atoms with Gasteiger partial charge >= 0.3 is 0 Å². The van der Waals surface area contributed by atoms with Crippen LogP contribution in [0.25, 0.3) is 11.1 Å². The normalized spacial score (nSPS) is 15.7. The number of benzene rings is 1. The van der Waals surface area contributed by atoms with Crippen LogP contribution in [0.1, 0.15) is 40.4 Å². The van der Waals surface area contributed by atoms with E-state index in [2.05, 4.69) is 19.9 Å². The van der Waals surface area contributed by atoms with E-state index < -0.39 is 0 Å². The molecule has 1 unspecified atom stereocenters. The molecule has 1 aromatic carbocycles. The van der Waals surface area contributed by atoms with Crippen LogP contribution in [0.2, 0.25) is 0 Å². The lowest BCUT2D eigenvalue weighted by atomic mass is 9.94. The van der Waals surface area contributed by atoms with Crippen LogP contribution >= 0.6 is 0 Å². The molecule has 3 aromatic heterocycles. The minimum absolute atomic E-state index is 0.0452. The Morgan fingerprint density at radius 1 is 0.971 bits per heavy atom. The van der Waals surface area contributed by atoms with E-state index in [0.717, 1.165) is 41.0 Å². The number of amides is 1. The van der Waals surface area contributed by atoms with Crippen LogP contribution in [0.4, 0.5) is 0 Å². The molecule has 8 nitrogen and oxygen atoms in total. The minimum Gasteiger partial charge on any atom is -0.437 e. The van der Waals surface area contributed by atoms with Crippen molar-refractivity contribution in [3.8, 4) is 22.8 Å². The lowest BCUT2D eigenvalue weighted by Gasteiger charge is -2.32. The maximum atomic E-state index is 13.3. The number of nitrogens with zero attached hydrogens (tertiary/aromatic N) is 6. The summed E-state index contributed by atoms with van der Waals surface area (Å²) >= 11 is 0. The molecule has 0 bridgehead atoms. The molecule has 5 rings (SSSR count). The molecule has 4 aromatic rings. The second-order valence-electron chi connectivity index (χ2n) is 8.33. The summed E-state index contributed by atoms with van der Waals surface area (Å²) in [6, 6.07) is 9.64. The van der Waals surface area contributed by atoms with Crippen LogP contribution in [0.15, 0.2) is 73.8 Å². The number of hydrogen-bond donors (Lipinski definition) is 0. The quantitative estimate of drug-likeness (QED) is 0.442. The lowest BCUT2D eigenvalue weighted by Crippen LogP contribution is -2.39. The summed E-state index contributed by atoms with van der Waals surface area (Å²) in [5, 5.41) is 0. The highest BCUT2D eigenvalue weighted by Gasteiger charge is 2.27. The second kappa shape index (κ2) is 9.74. The summed E-state index contributed by atoms with van der Waals surface area (Å²) in [7, 11) is 0. The molecule has 170 valence electrons. The van der Waals surface area contributed by atoms with Gasteiger partial charge in [-0.3, -0.25) is 14.8 Å². The third-order valence-electron chi connectivity index (χ3n) is 5.95. The molecule has 0 spiro atoms. The molecule has 0 N–H and O–H groups in total. The molecule has 1 amide bonds. The van der Waals surface area contributed by atoms with Crippen LogP contribution in [0.5, 0.6) is 11.6 Å². The van der Waals surface area contributed by atoms with Gasteiger partial charge in [0.05, 0.1) is 17.5 Å². The first-order chi connectivity index (χ1) is 16.7. The Labute approximate surface area is 197 Å². The molecule has 1 atom stereocenters. The highest BCUT2D eigenvalue weighted by molar-refractivity contribution is 5.95. The number of carbonyl (C=O) groups is 1. The van der Waals surface area contributed by atoms with Gasteiger partial charge in [-0.05, 0) is 37.5 Å². The van der Waals surface area contributed by atoms with E-state index in [1.165, 1.54) is 6.33 Å². The monoisotopic (exact) mass is 452 g/mol. The Balaban J connectivity index is 1.32. The fourth-order valence-electron chi connectivity index (χ4n) is 4.14. The summed E-state index contributed by atoms with van der Waals surface area (Å²) in [5.41, 5.74) is 4.04. The van der Waals surface area contributed by atoms with Gasteiger partial charge in [-0.25, -0.2) is 15.0 Å². The first kappa shape index (κ1) is 21.6. The van der Waals surface area contributed by atoms with Crippen LogP contribution < -0.4 is 4.74 Å². The van der Waals surface area contributed by atoms with Gasteiger partial charge in [-0.15, -0.1) is 0 Å². The van der Waals surface area contributed by atoms with Crippen LogP contribution in [-0.4, -0.2) is 48.8 Å². The minimum atomic E-state index is -0.0452. The molecule has 0 radical (unpaired) electrons. The zero-order chi connectivity index (χ0) is 23.3. The van der Waals surface area contributed by atoms with Crippen molar-refractivity contribution in [3.63, 3.8) is 0 Å². The third-order valence-corrected chi connectivity index (χ3v) is 5.95. The van der Waals surface area contributed by atoms with E-state index >= 15 is 0 Å². The zero-order valence-corrected chi connectivity index (χ0v) is 18.8. The molecule has 8 heteroatoms. The molecule has 1 fully saturated rings. The summed E-state index contributed by atoms with van der Waals surface area (Å²) < 4.78 is 5.97. The average molecular weight is 453 g/mol. The van der Waals surface area contributed by atoms with Gasteiger partial charge < -0.3 is 9.64 Å². The number of piperidine rings is 1. The first-order valence-electron chi connectivity index (χ1n) is 11.2. The SMILES string of the molecule is Cc1ccccc1Oc1cncc(C2CCCN(C(=O)c3cncc(-c4cncnc4)c3)C2)n1. The Morgan fingerprint density at radius 3 is 2.62 bits per heavy atom. The number of likely N-dealkylation sites (tertiary alicyclic amines) is 1. The molecule has 34 heavy (non-hydrogen) atoms. The number of aromatic nitrogens is 5. The summed E-state index contributed by atoms with van der Waals surface area (Å²) in [6.07, 6.45) is 13.4. The van der Waals surface area contributed by atoms with E-state index in [4.69, 9.17) is 9.72 Å². The Bertz CT molecular complexity index is 1300. The van der Waals surface area contributed by atoms with Crippen molar-refractivity contribution in [1.29, 1.82) is 0 Å². The van der Waals surface area contributed by atoms with Crippen molar-refractivity contribution < 1.29 is 9.53 Å². The molecule has 1 aliphatic rings. The fraction of sp³-hybridized carbons (Fsp3) is 0.231. The number of aryl methyl sites for hydroxylation is 1. The molecular formula is C26H24N6O2. The average Bonchev–Trinajstić information content (AvgIpc) is 2.90. The highest BCUT2D eigenvalue weighted by Crippen LogP contribution is 2.29. The number of rotatable bonds is 5. The van der Waals surface area contributed by atoms with Gasteiger partial charge in [0.15, 0.2) is 0 Å². The number of para-hydroxylation sites is 1. The zero-order valence-electron chi connectivity index (χ0n) is 18.8. The molecule has 1 aliphatic heterocycles. The van der Waals surface area contributed by atoms with Gasteiger partial charge in [0.1, 0.15) is 12.1 Å². The standard InChI is InChI=1S/C26H24N6O2/c1-18-5-2-3-7-24(18)34-25-15-28-14-23(31-25)19-6-4-8-32(16-19)26(33)21-9-20(10-27-11-21)22-12-29-17-30-13-22/h2-3,5,7,9-15,17,19H,4,6,8,16H2,1H3. The van der Waals surface area contributed by atoms with Gasteiger partial charge in [-0.2, -0.15) is 0 Å². The van der Waals surface area contributed by atoms with E-state index in [-0.39, 0.29) is 11.8 Å². The molecular weight excluding hydrogens is 428 g/mol. The fourth-order valence-corrected chi connectivity index (χ4v) is 4.14. The van der Waals surface area contributed by atoms with E-state index in [1.54, 1.807) is 37.2 Å². The smallest absolute Gasteiger partial charge is 0.255 e. The maximum Gasteiger partial charge on any atom is 0.255 e. The topological polar surface area (TPSA) is 94.0 Å². The first-order valence-corrected chi connectivity index (χ1v) is 11.2. The van der Waals surface area contributed by atoms with Crippen molar-refractivity contribution in [2.75, 3.05) is 13.1 Å². The Kier molecular flexibility index (Phi) is 6.20. The summed E-state index contributed by atoms with van der Waals surface area (Å²) in [6.45, 7) is 3.26. The number of carbonyl (C=O) groups excluding carboxylic acids is 1. The number of ether oxygens (including phenoxy) is 1. The van der Waals surface area contributed by atoms with Crippen molar-refractivity contribution in [2.24, 2.45) is 0 Å². The molecule has 0 saturated carbocycles. The predicted octanol–water partition coefficient (Wildman–Crippen LogP) is 4.45. The molecule has 0 aliphatic carbocycles. The number of pyridine rings is 1. The largest absolute Gasteiger partial charge is 0.437 e. The van der Waals surface area contributed by atoms with Crippen LogP contribution in [0, 0.1) is 6.92 Å². The Hall–Kier alpha value is -4.20. The second-order valence-corrected chi connectivity index (χ2v) is 8.33. The van der Waals surface area contributed by atoms with E-state index in [0.29, 0.717) is 24.5 Å². The number of hydrogen-bond acceptors (Lipinski definition) is 7. The van der Waals surface area contributed by atoms with Gasteiger partial charge in [0.2, 0.25) is 5.88 Å². The van der Waals surface area contributed by atoms with E-state index in [9.17, 15) is 4.79 Å². The molecule has 1 saturated heterocycles.